The minimum atomic E-state index is -0.225. The van der Waals surface area contributed by atoms with Crippen LogP contribution in [0.4, 0.5) is 4.39 Å². The van der Waals surface area contributed by atoms with Crippen molar-refractivity contribution in [2.75, 3.05) is 33.3 Å². The summed E-state index contributed by atoms with van der Waals surface area (Å²) >= 11 is 0. The predicted molar refractivity (Wildman–Crippen MR) is 82.3 cm³/mol. The molecule has 1 saturated heterocycles. The van der Waals surface area contributed by atoms with Crippen LogP contribution >= 0.6 is 0 Å². The molecule has 21 heavy (non-hydrogen) atoms. The Morgan fingerprint density at radius 3 is 2.71 bits per heavy atom. The fourth-order valence-electron chi connectivity index (χ4n) is 2.61. The van der Waals surface area contributed by atoms with Crippen molar-refractivity contribution < 1.29 is 9.50 Å². The van der Waals surface area contributed by atoms with Crippen molar-refractivity contribution in [3.63, 3.8) is 0 Å². The lowest BCUT2D eigenvalue weighted by Gasteiger charge is -2.45. The molecule has 0 aliphatic carbocycles. The van der Waals surface area contributed by atoms with E-state index in [1.807, 2.05) is 6.07 Å². The Kier molecular flexibility index (Phi) is 5.00. The molecule has 0 spiro atoms. The van der Waals surface area contributed by atoms with E-state index in [1.165, 1.54) is 6.07 Å². The third-order valence-corrected chi connectivity index (χ3v) is 4.15. The van der Waals surface area contributed by atoms with E-state index in [0.29, 0.717) is 17.7 Å². The smallest absolute Gasteiger partial charge is 0.128 e. The highest BCUT2D eigenvalue weighted by Crippen LogP contribution is 2.21. The number of aliphatic hydroxyl groups excluding tert-OH is 1. The first-order valence-corrected chi connectivity index (χ1v) is 7.24. The minimum Gasteiger partial charge on any atom is -0.384 e. The van der Waals surface area contributed by atoms with Crippen LogP contribution in [0, 0.1) is 17.7 Å². The molecule has 1 fully saturated rings. The van der Waals surface area contributed by atoms with Gasteiger partial charge >= 0.3 is 0 Å². The minimum absolute atomic E-state index is 0.112. The normalized spacial score (nSPS) is 19.1. The maximum Gasteiger partial charge on any atom is 0.128 e. The van der Waals surface area contributed by atoms with E-state index >= 15 is 0 Å². The van der Waals surface area contributed by atoms with Gasteiger partial charge < -0.3 is 5.11 Å². The van der Waals surface area contributed by atoms with Crippen molar-refractivity contribution in [3.05, 3.63) is 35.1 Å². The number of likely N-dealkylation sites (N-methyl/N-ethyl adjacent to an activating group) is 1. The summed E-state index contributed by atoms with van der Waals surface area (Å²) in [7, 11) is 2.13. The Balaban J connectivity index is 2.06. The van der Waals surface area contributed by atoms with Crippen LogP contribution in [0.15, 0.2) is 18.2 Å². The summed E-state index contributed by atoms with van der Waals surface area (Å²) in [5.74, 6) is 5.03. The standard InChI is InChI=1S/C17H23FN2O/c1-17(2)13-20(9-8-19(17)3)12-15-7-6-14(5-4-10-21)11-16(15)18/h6-7,11,21H,8-10,12-13H2,1-3H3. The topological polar surface area (TPSA) is 26.7 Å². The van der Waals surface area contributed by atoms with E-state index in [2.05, 4.69) is 42.5 Å². The number of nitrogens with zero attached hydrogens (tertiary/aromatic N) is 2. The Morgan fingerprint density at radius 2 is 2.10 bits per heavy atom. The summed E-state index contributed by atoms with van der Waals surface area (Å²) in [6.45, 7) is 7.71. The van der Waals surface area contributed by atoms with Crippen molar-refractivity contribution >= 4 is 0 Å². The molecule has 0 bridgehead atoms. The van der Waals surface area contributed by atoms with Gasteiger partial charge in [0.25, 0.3) is 0 Å². The van der Waals surface area contributed by atoms with Gasteiger partial charge in [0.15, 0.2) is 0 Å². The van der Waals surface area contributed by atoms with Gasteiger partial charge in [-0.05, 0) is 33.0 Å². The second kappa shape index (κ2) is 6.57. The molecule has 0 saturated carbocycles. The zero-order valence-corrected chi connectivity index (χ0v) is 13.0. The molecule has 0 aromatic heterocycles. The van der Waals surface area contributed by atoms with Gasteiger partial charge in [-0.2, -0.15) is 0 Å². The Bertz CT molecular complexity index is 560. The van der Waals surface area contributed by atoms with Gasteiger partial charge in [0.05, 0.1) is 0 Å². The molecule has 1 aliphatic rings. The molecule has 114 valence electrons. The summed E-state index contributed by atoms with van der Waals surface area (Å²) < 4.78 is 14.1. The van der Waals surface area contributed by atoms with Gasteiger partial charge in [-0.3, -0.25) is 9.80 Å². The molecule has 0 unspecified atom stereocenters. The summed E-state index contributed by atoms with van der Waals surface area (Å²) in [5, 5.41) is 8.66. The number of rotatable bonds is 2. The quantitative estimate of drug-likeness (QED) is 0.840. The van der Waals surface area contributed by atoms with Gasteiger partial charge in [0.1, 0.15) is 12.4 Å². The summed E-state index contributed by atoms with van der Waals surface area (Å²) in [4.78, 5) is 4.63. The molecule has 0 radical (unpaired) electrons. The van der Waals surface area contributed by atoms with Crippen molar-refractivity contribution in [2.24, 2.45) is 0 Å². The third-order valence-electron chi connectivity index (χ3n) is 4.15. The number of piperazine rings is 1. The number of benzene rings is 1. The SMILES string of the molecule is CN1CCN(Cc2ccc(C#CCO)cc2F)CC1(C)C. The number of hydrogen-bond donors (Lipinski definition) is 1. The lowest BCUT2D eigenvalue weighted by molar-refractivity contribution is 0.0355. The largest absolute Gasteiger partial charge is 0.384 e. The number of halogens is 1. The van der Waals surface area contributed by atoms with Crippen LogP contribution in [0.25, 0.3) is 0 Å². The van der Waals surface area contributed by atoms with E-state index in [4.69, 9.17) is 5.11 Å². The molecular formula is C17H23FN2O. The maximum absolute atomic E-state index is 14.1. The first kappa shape index (κ1) is 16.0. The van der Waals surface area contributed by atoms with Gasteiger partial charge in [-0.1, -0.05) is 17.9 Å². The molecule has 4 heteroatoms. The van der Waals surface area contributed by atoms with E-state index < -0.39 is 0 Å². The lowest BCUT2D eigenvalue weighted by Crippen LogP contribution is -2.57. The molecular weight excluding hydrogens is 267 g/mol. The van der Waals surface area contributed by atoms with Crippen LogP contribution in [0.5, 0.6) is 0 Å². The Morgan fingerprint density at radius 1 is 1.33 bits per heavy atom. The van der Waals surface area contributed by atoms with Crippen molar-refractivity contribution in [2.45, 2.75) is 25.9 Å². The average molecular weight is 290 g/mol. The highest BCUT2D eigenvalue weighted by molar-refractivity contribution is 5.37. The fourth-order valence-corrected chi connectivity index (χ4v) is 2.61. The number of aliphatic hydroxyl groups is 1. The first-order chi connectivity index (χ1) is 9.92. The maximum atomic E-state index is 14.1. The Hall–Kier alpha value is -1.41. The van der Waals surface area contributed by atoms with Crippen molar-refractivity contribution in [1.82, 2.24) is 9.80 Å². The van der Waals surface area contributed by atoms with Gasteiger partial charge in [-0.25, -0.2) is 4.39 Å². The second-order valence-electron chi connectivity index (χ2n) is 6.21. The van der Waals surface area contributed by atoms with E-state index in [1.54, 1.807) is 6.07 Å². The Labute approximate surface area is 126 Å². The molecule has 1 aromatic carbocycles. The molecule has 0 atom stereocenters. The summed E-state index contributed by atoms with van der Waals surface area (Å²) in [6, 6.07) is 5.05. The van der Waals surface area contributed by atoms with Crippen LogP contribution in [-0.4, -0.2) is 53.7 Å². The molecule has 3 nitrogen and oxygen atoms in total. The van der Waals surface area contributed by atoms with Crippen molar-refractivity contribution in [3.8, 4) is 11.8 Å². The van der Waals surface area contributed by atoms with Crippen LogP contribution < -0.4 is 0 Å². The molecule has 1 N–H and O–H groups in total. The monoisotopic (exact) mass is 290 g/mol. The molecule has 1 aromatic rings. The molecule has 2 rings (SSSR count). The first-order valence-electron chi connectivity index (χ1n) is 7.24. The highest BCUT2D eigenvalue weighted by atomic mass is 19.1. The van der Waals surface area contributed by atoms with Gasteiger partial charge in [-0.15, -0.1) is 0 Å². The zero-order chi connectivity index (χ0) is 15.5. The highest BCUT2D eigenvalue weighted by Gasteiger charge is 2.31. The van der Waals surface area contributed by atoms with E-state index in [-0.39, 0.29) is 18.0 Å². The number of hydrogen-bond acceptors (Lipinski definition) is 3. The summed E-state index contributed by atoms with van der Waals surface area (Å²) in [6.07, 6.45) is 0. The van der Waals surface area contributed by atoms with Crippen LogP contribution in [0.2, 0.25) is 0 Å². The van der Waals surface area contributed by atoms with Gasteiger partial charge in [0, 0.05) is 42.8 Å². The third kappa shape index (κ3) is 4.04. The average Bonchev–Trinajstić information content (AvgIpc) is 2.43. The van der Waals surface area contributed by atoms with Crippen molar-refractivity contribution in [1.29, 1.82) is 0 Å². The predicted octanol–water partition coefficient (Wildman–Crippen LogP) is 1.70. The van der Waals surface area contributed by atoms with E-state index in [9.17, 15) is 4.39 Å². The van der Waals surface area contributed by atoms with Crippen LogP contribution in [0.3, 0.4) is 0 Å². The second-order valence-corrected chi connectivity index (χ2v) is 6.21. The van der Waals surface area contributed by atoms with Crippen LogP contribution in [-0.2, 0) is 6.54 Å². The molecule has 1 heterocycles. The summed E-state index contributed by atoms with van der Waals surface area (Å²) in [5.41, 5.74) is 1.41. The zero-order valence-electron chi connectivity index (χ0n) is 13.0. The van der Waals surface area contributed by atoms with Gasteiger partial charge in [0.2, 0.25) is 0 Å². The molecule has 0 amide bonds. The molecule has 1 aliphatic heterocycles. The fraction of sp³-hybridized carbons (Fsp3) is 0.529. The van der Waals surface area contributed by atoms with Crippen LogP contribution in [0.1, 0.15) is 25.0 Å². The van der Waals surface area contributed by atoms with E-state index in [0.717, 1.165) is 19.6 Å². The lowest BCUT2D eigenvalue weighted by atomic mass is 9.99.